The van der Waals surface area contributed by atoms with Gasteiger partial charge in [-0.25, -0.2) is 4.79 Å². The van der Waals surface area contributed by atoms with Gasteiger partial charge in [0, 0.05) is 19.5 Å². The minimum Gasteiger partial charge on any atom is -0.354 e. The largest absolute Gasteiger partial charge is 0.354 e. The van der Waals surface area contributed by atoms with Crippen molar-refractivity contribution < 1.29 is 9.59 Å². The molecule has 1 unspecified atom stereocenters. The lowest BCUT2D eigenvalue weighted by Gasteiger charge is -2.12. The third-order valence-electron chi connectivity index (χ3n) is 3.63. The number of nitrogens with one attached hydrogen (secondary N) is 3. The topological polar surface area (TPSA) is 70.2 Å². The third kappa shape index (κ3) is 3.13. The molecular weight excluding hydrogens is 266 g/mol. The van der Waals surface area contributed by atoms with Crippen LogP contribution in [0.3, 0.4) is 0 Å². The van der Waals surface area contributed by atoms with E-state index >= 15 is 0 Å². The van der Waals surface area contributed by atoms with E-state index < -0.39 is 0 Å². The van der Waals surface area contributed by atoms with Crippen LogP contribution < -0.4 is 16.0 Å². The average Bonchev–Trinajstić information content (AvgIpc) is 2.90. The third-order valence-corrected chi connectivity index (χ3v) is 3.63. The maximum absolute atomic E-state index is 11.9. The molecule has 2 aromatic carbocycles. The highest BCUT2D eigenvalue weighted by Crippen LogP contribution is 2.18. The number of carbonyl (C=O) groups excluding carboxylic acids is 2. The van der Waals surface area contributed by atoms with Gasteiger partial charge in [-0.1, -0.05) is 42.5 Å². The van der Waals surface area contributed by atoms with E-state index in [1.165, 1.54) is 0 Å². The Hall–Kier alpha value is -2.56. The van der Waals surface area contributed by atoms with E-state index in [0.717, 1.165) is 16.3 Å². The molecule has 0 aromatic heterocycles. The highest BCUT2D eigenvalue weighted by Gasteiger charge is 2.22. The molecule has 108 valence electrons. The normalized spacial score (nSPS) is 17.5. The molecule has 0 spiro atoms. The van der Waals surface area contributed by atoms with Crippen LogP contribution >= 0.6 is 0 Å². The summed E-state index contributed by atoms with van der Waals surface area (Å²) >= 11 is 0. The van der Waals surface area contributed by atoms with Crippen LogP contribution in [0, 0.1) is 0 Å². The number of rotatable bonds is 3. The fourth-order valence-electron chi connectivity index (χ4n) is 2.57. The van der Waals surface area contributed by atoms with Crippen molar-refractivity contribution >= 4 is 22.7 Å². The van der Waals surface area contributed by atoms with Gasteiger partial charge in [0.1, 0.15) is 0 Å². The first kappa shape index (κ1) is 13.4. The maximum atomic E-state index is 11.9. The van der Waals surface area contributed by atoms with E-state index in [1.54, 1.807) is 0 Å². The molecule has 3 rings (SSSR count). The van der Waals surface area contributed by atoms with Gasteiger partial charge in [-0.2, -0.15) is 0 Å². The Balaban J connectivity index is 1.61. The summed E-state index contributed by atoms with van der Waals surface area (Å²) in [6.07, 6.45) is 0.349. The predicted octanol–water partition coefficient (Wildman–Crippen LogP) is 1.53. The van der Waals surface area contributed by atoms with Gasteiger partial charge in [0.25, 0.3) is 0 Å². The molecule has 1 heterocycles. The number of benzene rings is 2. The summed E-state index contributed by atoms with van der Waals surface area (Å²) in [6, 6.07) is 13.8. The van der Waals surface area contributed by atoms with E-state index in [4.69, 9.17) is 0 Å². The van der Waals surface area contributed by atoms with E-state index in [2.05, 4.69) is 28.1 Å². The maximum Gasteiger partial charge on any atom is 0.315 e. The van der Waals surface area contributed by atoms with E-state index in [1.807, 2.05) is 30.3 Å². The minimum absolute atomic E-state index is 0.0191. The molecule has 1 saturated heterocycles. The van der Waals surface area contributed by atoms with Gasteiger partial charge in [0.2, 0.25) is 5.91 Å². The quantitative estimate of drug-likeness (QED) is 0.799. The second-order valence-corrected chi connectivity index (χ2v) is 5.17. The lowest BCUT2D eigenvalue weighted by Crippen LogP contribution is -2.42. The van der Waals surface area contributed by atoms with E-state index in [0.29, 0.717) is 19.5 Å². The zero-order valence-corrected chi connectivity index (χ0v) is 11.6. The van der Waals surface area contributed by atoms with Crippen LogP contribution in [0.4, 0.5) is 4.79 Å². The van der Waals surface area contributed by atoms with Gasteiger partial charge in [0.05, 0.1) is 6.04 Å². The second-order valence-electron chi connectivity index (χ2n) is 5.17. The summed E-state index contributed by atoms with van der Waals surface area (Å²) in [5.74, 6) is -0.0191. The van der Waals surface area contributed by atoms with Crippen molar-refractivity contribution in [2.24, 2.45) is 0 Å². The molecular formula is C16H17N3O2. The first-order valence-corrected chi connectivity index (χ1v) is 7.00. The van der Waals surface area contributed by atoms with Crippen molar-refractivity contribution in [1.82, 2.24) is 16.0 Å². The molecule has 5 nitrogen and oxygen atoms in total. The molecule has 3 N–H and O–H groups in total. The van der Waals surface area contributed by atoms with Gasteiger partial charge in [-0.05, 0) is 16.3 Å². The molecule has 1 aliphatic rings. The Morgan fingerprint density at radius 2 is 2.00 bits per heavy atom. The SMILES string of the molecule is O=C1CC(NC(=O)NCc2cccc3ccccc23)CN1. The first-order chi connectivity index (χ1) is 10.2. The van der Waals surface area contributed by atoms with Crippen LogP contribution in [-0.4, -0.2) is 24.5 Å². The Kier molecular flexibility index (Phi) is 3.73. The minimum atomic E-state index is -0.246. The van der Waals surface area contributed by atoms with Crippen LogP contribution in [0.2, 0.25) is 0 Å². The number of carbonyl (C=O) groups is 2. The number of hydrogen-bond acceptors (Lipinski definition) is 2. The summed E-state index contributed by atoms with van der Waals surface area (Å²) in [7, 11) is 0. The first-order valence-electron chi connectivity index (χ1n) is 7.00. The molecule has 5 heteroatoms. The summed E-state index contributed by atoms with van der Waals surface area (Å²) in [6.45, 7) is 0.960. The molecule has 0 aliphatic carbocycles. The molecule has 3 amide bonds. The van der Waals surface area contributed by atoms with Crippen LogP contribution in [0.15, 0.2) is 42.5 Å². The fraction of sp³-hybridized carbons (Fsp3) is 0.250. The molecule has 21 heavy (non-hydrogen) atoms. The highest BCUT2D eigenvalue weighted by atomic mass is 16.2. The number of fused-ring (bicyclic) bond motifs is 1. The Bertz CT molecular complexity index is 679. The Morgan fingerprint density at radius 1 is 1.19 bits per heavy atom. The molecule has 1 atom stereocenters. The fourth-order valence-corrected chi connectivity index (χ4v) is 2.57. The number of urea groups is 1. The van der Waals surface area contributed by atoms with Crippen molar-refractivity contribution in [2.45, 2.75) is 19.0 Å². The molecule has 2 aromatic rings. The van der Waals surface area contributed by atoms with E-state index in [9.17, 15) is 9.59 Å². The summed E-state index contributed by atoms with van der Waals surface area (Å²) in [4.78, 5) is 22.9. The van der Waals surface area contributed by atoms with Crippen LogP contribution in [0.5, 0.6) is 0 Å². The monoisotopic (exact) mass is 283 g/mol. The summed E-state index contributed by atoms with van der Waals surface area (Å²) < 4.78 is 0. The van der Waals surface area contributed by atoms with Crippen molar-refractivity contribution in [3.05, 3.63) is 48.0 Å². The molecule has 1 aliphatic heterocycles. The van der Waals surface area contributed by atoms with Gasteiger partial charge in [-0.15, -0.1) is 0 Å². The highest BCUT2D eigenvalue weighted by molar-refractivity contribution is 5.86. The van der Waals surface area contributed by atoms with Crippen LogP contribution in [0.1, 0.15) is 12.0 Å². The lowest BCUT2D eigenvalue weighted by atomic mass is 10.0. The van der Waals surface area contributed by atoms with Gasteiger partial charge < -0.3 is 16.0 Å². The second kappa shape index (κ2) is 5.83. The summed E-state index contributed by atoms with van der Waals surface area (Å²) in [5.41, 5.74) is 1.07. The lowest BCUT2D eigenvalue weighted by molar-refractivity contribution is -0.119. The van der Waals surface area contributed by atoms with E-state index in [-0.39, 0.29) is 18.0 Å². The van der Waals surface area contributed by atoms with Crippen molar-refractivity contribution in [3.8, 4) is 0 Å². The number of hydrogen-bond donors (Lipinski definition) is 3. The Morgan fingerprint density at radius 3 is 2.81 bits per heavy atom. The van der Waals surface area contributed by atoms with Crippen molar-refractivity contribution in [2.75, 3.05) is 6.54 Å². The van der Waals surface area contributed by atoms with Gasteiger partial charge in [0.15, 0.2) is 0 Å². The Labute approximate surface area is 122 Å². The van der Waals surface area contributed by atoms with Crippen molar-refractivity contribution in [3.63, 3.8) is 0 Å². The number of amides is 3. The van der Waals surface area contributed by atoms with Crippen molar-refractivity contribution in [1.29, 1.82) is 0 Å². The van der Waals surface area contributed by atoms with Gasteiger partial charge in [-0.3, -0.25) is 4.79 Å². The van der Waals surface area contributed by atoms with Crippen LogP contribution in [0.25, 0.3) is 10.8 Å². The standard InChI is InChI=1S/C16H17N3O2/c20-15-8-13(10-17-15)19-16(21)18-9-12-6-3-5-11-4-1-2-7-14(11)12/h1-7,13H,8-10H2,(H,17,20)(H2,18,19,21). The van der Waals surface area contributed by atoms with Crippen LogP contribution in [-0.2, 0) is 11.3 Å². The molecule has 0 saturated carbocycles. The predicted molar refractivity (Wildman–Crippen MR) is 80.7 cm³/mol. The molecule has 0 bridgehead atoms. The smallest absolute Gasteiger partial charge is 0.315 e. The van der Waals surface area contributed by atoms with Gasteiger partial charge >= 0.3 is 6.03 Å². The summed E-state index contributed by atoms with van der Waals surface area (Å²) in [5, 5.41) is 10.6. The molecule has 1 fully saturated rings. The zero-order valence-electron chi connectivity index (χ0n) is 11.6. The average molecular weight is 283 g/mol. The zero-order chi connectivity index (χ0) is 14.7. The molecule has 0 radical (unpaired) electrons.